The standard InChI is InChI=1S/C14H20O3/c1-9-5-7-11(8-6-9)14(3,4)12(15)10(2)13(16)17/h5-8,10,12,15H,1-4H3,(H,16,17). The van der Waals surface area contributed by atoms with Crippen molar-refractivity contribution in [2.75, 3.05) is 0 Å². The van der Waals surface area contributed by atoms with Gasteiger partial charge in [0.2, 0.25) is 0 Å². The third-order valence-electron chi connectivity index (χ3n) is 3.40. The van der Waals surface area contributed by atoms with E-state index in [4.69, 9.17) is 5.11 Å². The molecule has 17 heavy (non-hydrogen) atoms. The van der Waals surface area contributed by atoms with Gasteiger partial charge in [-0.2, -0.15) is 0 Å². The number of aliphatic hydroxyl groups excluding tert-OH is 1. The first-order valence-electron chi connectivity index (χ1n) is 5.75. The molecule has 1 aromatic rings. The Bertz CT molecular complexity index is 392. The molecule has 0 aliphatic heterocycles. The van der Waals surface area contributed by atoms with Crippen LogP contribution in [0.4, 0.5) is 0 Å². The summed E-state index contributed by atoms with van der Waals surface area (Å²) in [5.74, 6) is -1.76. The number of benzene rings is 1. The third-order valence-corrected chi connectivity index (χ3v) is 3.40. The Kier molecular flexibility index (Phi) is 3.94. The molecule has 3 nitrogen and oxygen atoms in total. The van der Waals surface area contributed by atoms with Crippen LogP contribution in [-0.4, -0.2) is 22.3 Å². The van der Waals surface area contributed by atoms with Crippen LogP contribution in [0.5, 0.6) is 0 Å². The molecule has 2 N–H and O–H groups in total. The molecule has 94 valence electrons. The fourth-order valence-corrected chi connectivity index (χ4v) is 1.91. The zero-order chi connectivity index (χ0) is 13.2. The minimum atomic E-state index is -0.974. The van der Waals surface area contributed by atoms with Gasteiger partial charge in [0.05, 0.1) is 12.0 Å². The summed E-state index contributed by atoms with van der Waals surface area (Å²) in [6, 6.07) is 7.81. The number of carboxylic acids is 1. The van der Waals surface area contributed by atoms with E-state index in [1.165, 1.54) is 6.92 Å². The largest absolute Gasteiger partial charge is 0.481 e. The number of hydrogen-bond acceptors (Lipinski definition) is 2. The molecule has 0 spiro atoms. The van der Waals surface area contributed by atoms with Gasteiger partial charge in [-0.25, -0.2) is 0 Å². The molecule has 0 radical (unpaired) electrons. The summed E-state index contributed by atoms with van der Waals surface area (Å²) < 4.78 is 0. The Morgan fingerprint density at radius 2 is 1.71 bits per heavy atom. The van der Waals surface area contributed by atoms with Gasteiger partial charge in [-0.15, -0.1) is 0 Å². The topological polar surface area (TPSA) is 57.5 Å². The Balaban J connectivity index is 3.01. The SMILES string of the molecule is Cc1ccc(C(C)(C)C(O)C(C)C(=O)O)cc1. The molecule has 0 fully saturated rings. The first-order chi connectivity index (χ1) is 7.76. The smallest absolute Gasteiger partial charge is 0.308 e. The molecule has 1 rings (SSSR count). The summed E-state index contributed by atoms with van der Waals surface area (Å²) in [7, 11) is 0. The molecular weight excluding hydrogens is 216 g/mol. The lowest BCUT2D eigenvalue weighted by molar-refractivity contribution is -0.146. The molecule has 1 aromatic carbocycles. The first kappa shape index (κ1) is 13.7. The summed E-state index contributed by atoms with van der Waals surface area (Å²) in [6.07, 6.45) is -0.914. The van der Waals surface area contributed by atoms with Crippen molar-refractivity contribution in [1.82, 2.24) is 0 Å². The van der Waals surface area contributed by atoms with Crippen LogP contribution in [0.2, 0.25) is 0 Å². The average molecular weight is 236 g/mol. The highest BCUT2D eigenvalue weighted by molar-refractivity contribution is 5.70. The number of hydrogen-bond donors (Lipinski definition) is 2. The van der Waals surface area contributed by atoms with Crippen LogP contribution in [0, 0.1) is 12.8 Å². The molecular formula is C14H20O3. The van der Waals surface area contributed by atoms with Gasteiger partial charge in [-0.1, -0.05) is 43.7 Å². The van der Waals surface area contributed by atoms with Crippen molar-refractivity contribution >= 4 is 5.97 Å². The maximum absolute atomic E-state index is 10.9. The van der Waals surface area contributed by atoms with Crippen molar-refractivity contribution in [2.45, 2.75) is 39.2 Å². The molecule has 0 aliphatic rings. The molecule has 0 aliphatic carbocycles. The van der Waals surface area contributed by atoms with Crippen LogP contribution < -0.4 is 0 Å². The quantitative estimate of drug-likeness (QED) is 0.843. The summed E-state index contributed by atoms with van der Waals surface area (Å²) in [4.78, 5) is 10.9. The van der Waals surface area contributed by atoms with Gasteiger partial charge in [0.25, 0.3) is 0 Å². The van der Waals surface area contributed by atoms with Crippen LogP contribution >= 0.6 is 0 Å². The predicted octanol–water partition coefficient (Wildman–Crippen LogP) is 2.35. The predicted molar refractivity (Wildman–Crippen MR) is 67.0 cm³/mol. The molecule has 2 atom stereocenters. The van der Waals surface area contributed by atoms with E-state index in [0.29, 0.717) is 0 Å². The zero-order valence-electron chi connectivity index (χ0n) is 10.8. The molecule has 2 unspecified atom stereocenters. The van der Waals surface area contributed by atoms with Crippen LogP contribution in [0.25, 0.3) is 0 Å². The van der Waals surface area contributed by atoms with Crippen LogP contribution in [0.15, 0.2) is 24.3 Å². The second-order valence-electron chi connectivity index (χ2n) is 5.16. The molecule has 0 saturated carbocycles. The molecule has 0 aromatic heterocycles. The Labute approximate surface area is 102 Å². The number of aliphatic hydroxyl groups is 1. The lowest BCUT2D eigenvalue weighted by atomic mass is 9.74. The fourth-order valence-electron chi connectivity index (χ4n) is 1.91. The van der Waals surface area contributed by atoms with E-state index in [1.807, 2.05) is 45.0 Å². The number of carboxylic acid groups (broad SMARTS) is 1. The molecule has 0 saturated heterocycles. The highest BCUT2D eigenvalue weighted by Crippen LogP contribution is 2.31. The van der Waals surface area contributed by atoms with Crippen molar-refractivity contribution in [3.8, 4) is 0 Å². The number of rotatable bonds is 4. The normalized spacial score (nSPS) is 15.4. The number of aliphatic carboxylic acids is 1. The van der Waals surface area contributed by atoms with E-state index < -0.39 is 23.4 Å². The van der Waals surface area contributed by atoms with Gasteiger partial charge in [0.1, 0.15) is 0 Å². The zero-order valence-corrected chi connectivity index (χ0v) is 10.8. The lowest BCUT2D eigenvalue weighted by Gasteiger charge is -2.33. The minimum Gasteiger partial charge on any atom is -0.481 e. The van der Waals surface area contributed by atoms with Crippen molar-refractivity contribution in [3.63, 3.8) is 0 Å². The van der Waals surface area contributed by atoms with Gasteiger partial charge in [-0.05, 0) is 19.4 Å². The maximum atomic E-state index is 10.9. The number of carbonyl (C=O) groups is 1. The Morgan fingerprint density at radius 3 is 2.12 bits per heavy atom. The lowest BCUT2D eigenvalue weighted by Crippen LogP contribution is -2.41. The van der Waals surface area contributed by atoms with Crippen LogP contribution in [0.3, 0.4) is 0 Å². The molecule has 3 heteroatoms. The summed E-state index contributed by atoms with van der Waals surface area (Å²) in [5, 5.41) is 19.1. The summed E-state index contributed by atoms with van der Waals surface area (Å²) in [5.41, 5.74) is 1.51. The van der Waals surface area contributed by atoms with E-state index >= 15 is 0 Å². The van der Waals surface area contributed by atoms with Crippen LogP contribution in [0.1, 0.15) is 31.9 Å². The summed E-state index contributed by atoms with van der Waals surface area (Å²) >= 11 is 0. The van der Waals surface area contributed by atoms with Crippen LogP contribution in [-0.2, 0) is 10.2 Å². The van der Waals surface area contributed by atoms with E-state index in [-0.39, 0.29) is 0 Å². The van der Waals surface area contributed by atoms with Gasteiger partial charge in [0, 0.05) is 5.41 Å². The number of aryl methyl sites for hydroxylation is 1. The van der Waals surface area contributed by atoms with Gasteiger partial charge in [0.15, 0.2) is 0 Å². The second-order valence-corrected chi connectivity index (χ2v) is 5.16. The average Bonchev–Trinajstić information content (AvgIpc) is 2.27. The van der Waals surface area contributed by atoms with Crippen molar-refractivity contribution < 1.29 is 15.0 Å². The second kappa shape index (κ2) is 4.88. The molecule has 0 bridgehead atoms. The van der Waals surface area contributed by atoms with Crippen molar-refractivity contribution in [3.05, 3.63) is 35.4 Å². The Morgan fingerprint density at radius 1 is 1.24 bits per heavy atom. The monoisotopic (exact) mass is 236 g/mol. The Hall–Kier alpha value is -1.35. The van der Waals surface area contributed by atoms with E-state index in [9.17, 15) is 9.90 Å². The molecule has 0 amide bonds. The highest BCUT2D eigenvalue weighted by Gasteiger charge is 2.36. The third kappa shape index (κ3) is 2.86. The first-order valence-corrected chi connectivity index (χ1v) is 5.75. The van der Waals surface area contributed by atoms with E-state index in [2.05, 4.69) is 0 Å². The summed E-state index contributed by atoms with van der Waals surface area (Å²) in [6.45, 7) is 7.25. The maximum Gasteiger partial charge on any atom is 0.308 e. The van der Waals surface area contributed by atoms with Gasteiger partial charge in [-0.3, -0.25) is 4.79 Å². The minimum absolute atomic E-state index is 0.578. The van der Waals surface area contributed by atoms with Crippen molar-refractivity contribution in [2.24, 2.45) is 5.92 Å². The highest BCUT2D eigenvalue weighted by atomic mass is 16.4. The van der Waals surface area contributed by atoms with E-state index in [1.54, 1.807) is 0 Å². The van der Waals surface area contributed by atoms with Crippen molar-refractivity contribution in [1.29, 1.82) is 0 Å². The van der Waals surface area contributed by atoms with Gasteiger partial charge < -0.3 is 10.2 Å². The molecule has 0 heterocycles. The van der Waals surface area contributed by atoms with Gasteiger partial charge >= 0.3 is 5.97 Å². The fraction of sp³-hybridized carbons (Fsp3) is 0.500. The van der Waals surface area contributed by atoms with E-state index in [0.717, 1.165) is 11.1 Å².